The first-order chi connectivity index (χ1) is 8.91. The highest BCUT2D eigenvalue weighted by molar-refractivity contribution is 5.75. The van der Waals surface area contributed by atoms with Crippen LogP contribution in [0.15, 0.2) is 18.2 Å². The van der Waals surface area contributed by atoms with Crippen LogP contribution in [0.2, 0.25) is 0 Å². The van der Waals surface area contributed by atoms with Gasteiger partial charge in [0, 0.05) is 26.1 Å². The lowest BCUT2D eigenvalue weighted by molar-refractivity contribution is -0.128. The lowest BCUT2D eigenvalue weighted by atomic mass is 10.1. The molecule has 4 heteroatoms. The Morgan fingerprint density at radius 1 is 1.42 bits per heavy atom. The first-order valence-electron chi connectivity index (χ1n) is 6.53. The van der Waals surface area contributed by atoms with Crippen LogP contribution in [0.3, 0.4) is 0 Å². The molecule has 0 fully saturated rings. The normalized spacial score (nSPS) is 12.1. The molecule has 0 radical (unpaired) electrons. The molecule has 0 aliphatic heterocycles. The topological polar surface area (TPSA) is 49.8 Å². The summed E-state index contributed by atoms with van der Waals surface area (Å²) in [5, 5.41) is 9.67. The molecule has 1 N–H and O–H groups in total. The predicted octanol–water partition coefficient (Wildman–Crippen LogP) is 2.30. The van der Waals surface area contributed by atoms with E-state index in [0.717, 1.165) is 11.1 Å². The summed E-state index contributed by atoms with van der Waals surface area (Å²) in [5.41, 5.74) is 1.87. The van der Waals surface area contributed by atoms with Crippen molar-refractivity contribution in [2.24, 2.45) is 0 Å². The summed E-state index contributed by atoms with van der Waals surface area (Å²) >= 11 is 0. The van der Waals surface area contributed by atoms with Crippen LogP contribution in [0.5, 0.6) is 5.75 Å². The van der Waals surface area contributed by atoms with E-state index >= 15 is 0 Å². The molecule has 106 valence electrons. The number of carbonyl (C=O) groups is 1. The van der Waals surface area contributed by atoms with Crippen molar-refractivity contribution in [1.82, 2.24) is 4.90 Å². The van der Waals surface area contributed by atoms with Gasteiger partial charge in [0.05, 0.1) is 12.7 Å². The Bertz CT molecular complexity index is 427. The van der Waals surface area contributed by atoms with E-state index in [1.807, 2.05) is 25.1 Å². The fourth-order valence-corrected chi connectivity index (χ4v) is 1.74. The first-order valence-corrected chi connectivity index (χ1v) is 6.53. The molecular formula is C15H23NO3. The largest absolute Gasteiger partial charge is 0.493 e. The number of amides is 1. The molecule has 1 rings (SSSR count). The van der Waals surface area contributed by atoms with E-state index in [9.17, 15) is 9.90 Å². The highest BCUT2D eigenvalue weighted by Crippen LogP contribution is 2.26. The molecule has 1 atom stereocenters. The molecule has 0 saturated carbocycles. The van der Waals surface area contributed by atoms with Gasteiger partial charge in [0.2, 0.25) is 5.91 Å². The van der Waals surface area contributed by atoms with E-state index in [1.54, 1.807) is 25.9 Å². The molecule has 19 heavy (non-hydrogen) atoms. The van der Waals surface area contributed by atoms with E-state index in [4.69, 9.17) is 4.74 Å². The van der Waals surface area contributed by atoms with Crippen LogP contribution in [0.1, 0.15) is 37.0 Å². The Morgan fingerprint density at radius 3 is 2.68 bits per heavy atom. The third kappa shape index (κ3) is 4.91. The molecule has 1 aromatic carbocycles. The van der Waals surface area contributed by atoms with Gasteiger partial charge in [-0.1, -0.05) is 12.1 Å². The van der Waals surface area contributed by atoms with Crippen molar-refractivity contribution < 1.29 is 14.6 Å². The maximum Gasteiger partial charge on any atom is 0.222 e. The van der Waals surface area contributed by atoms with Gasteiger partial charge in [-0.15, -0.1) is 0 Å². The van der Waals surface area contributed by atoms with E-state index in [2.05, 4.69) is 0 Å². The molecule has 1 amide bonds. The van der Waals surface area contributed by atoms with Crippen molar-refractivity contribution in [3.63, 3.8) is 0 Å². The second-order valence-electron chi connectivity index (χ2n) is 4.96. The van der Waals surface area contributed by atoms with Crippen molar-refractivity contribution in [2.75, 3.05) is 20.7 Å². The van der Waals surface area contributed by atoms with Gasteiger partial charge < -0.3 is 14.7 Å². The standard InChI is InChI=1S/C15H23NO3/c1-11-7-8-13(12(2)17)14(10-11)19-9-5-6-15(18)16(3)4/h7-8,10,12,17H,5-6,9H2,1-4H3/t12-/m1/s1. The molecular weight excluding hydrogens is 242 g/mol. The Balaban J connectivity index is 2.53. The second kappa shape index (κ2) is 7.14. The Labute approximate surface area is 115 Å². The van der Waals surface area contributed by atoms with Gasteiger partial charge >= 0.3 is 0 Å². The Morgan fingerprint density at radius 2 is 2.11 bits per heavy atom. The smallest absolute Gasteiger partial charge is 0.222 e. The van der Waals surface area contributed by atoms with Crippen LogP contribution < -0.4 is 4.74 Å². The number of carbonyl (C=O) groups excluding carboxylic acids is 1. The number of nitrogens with zero attached hydrogens (tertiary/aromatic N) is 1. The lowest BCUT2D eigenvalue weighted by Crippen LogP contribution is -2.21. The summed E-state index contributed by atoms with van der Waals surface area (Å²) in [4.78, 5) is 13.0. The average Bonchev–Trinajstić information content (AvgIpc) is 2.33. The minimum atomic E-state index is -0.556. The molecule has 0 unspecified atom stereocenters. The summed E-state index contributed by atoms with van der Waals surface area (Å²) < 4.78 is 5.68. The summed E-state index contributed by atoms with van der Waals surface area (Å²) in [7, 11) is 3.49. The van der Waals surface area contributed by atoms with Crippen molar-refractivity contribution in [3.8, 4) is 5.75 Å². The number of aliphatic hydroxyl groups excluding tert-OH is 1. The molecule has 0 aliphatic rings. The predicted molar refractivity (Wildman–Crippen MR) is 75.2 cm³/mol. The zero-order valence-corrected chi connectivity index (χ0v) is 12.1. The van der Waals surface area contributed by atoms with E-state index in [0.29, 0.717) is 25.2 Å². The average molecular weight is 265 g/mol. The zero-order valence-electron chi connectivity index (χ0n) is 12.1. The quantitative estimate of drug-likeness (QED) is 0.803. The van der Waals surface area contributed by atoms with E-state index in [1.165, 1.54) is 0 Å². The Hall–Kier alpha value is -1.55. The first kappa shape index (κ1) is 15.5. The number of aliphatic hydroxyl groups is 1. The van der Waals surface area contributed by atoms with Gasteiger partial charge in [0.15, 0.2) is 0 Å². The zero-order chi connectivity index (χ0) is 14.4. The van der Waals surface area contributed by atoms with Crippen LogP contribution in [-0.2, 0) is 4.79 Å². The van der Waals surface area contributed by atoms with Crippen molar-refractivity contribution >= 4 is 5.91 Å². The highest BCUT2D eigenvalue weighted by atomic mass is 16.5. The summed E-state index contributed by atoms with van der Waals surface area (Å²) in [6.45, 7) is 4.17. The van der Waals surface area contributed by atoms with Gasteiger partial charge in [0.1, 0.15) is 5.75 Å². The number of benzene rings is 1. The minimum Gasteiger partial charge on any atom is -0.493 e. The van der Waals surface area contributed by atoms with Crippen LogP contribution in [-0.4, -0.2) is 36.6 Å². The highest BCUT2D eigenvalue weighted by Gasteiger charge is 2.10. The van der Waals surface area contributed by atoms with Crippen LogP contribution >= 0.6 is 0 Å². The van der Waals surface area contributed by atoms with Crippen molar-refractivity contribution in [3.05, 3.63) is 29.3 Å². The Kier molecular flexibility index (Phi) is 5.83. The molecule has 0 heterocycles. The van der Waals surface area contributed by atoms with Crippen LogP contribution in [0.25, 0.3) is 0 Å². The summed E-state index contributed by atoms with van der Waals surface area (Å²) in [6, 6.07) is 5.74. The van der Waals surface area contributed by atoms with Crippen molar-refractivity contribution in [2.45, 2.75) is 32.8 Å². The maximum atomic E-state index is 11.4. The molecule has 4 nitrogen and oxygen atoms in total. The van der Waals surface area contributed by atoms with Gasteiger partial charge in [-0.3, -0.25) is 4.79 Å². The fraction of sp³-hybridized carbons (Fsp3) is 0.533. The van der Waals surface area contributed by atoms with E-state index in [-0.39, 0.29) is 5.91 Å². The monoisotopic (exact) mass is 265 g/mol. The number of hydrogen-bond acceptors (Lipinski definition) is 3. The summed E-state index contributed by atoms with van der Waals surface area (Å²) in [6.07, 6.45) is 0.589. The molecule has 0 bridgehead atoms. The third-order valence-electron chi connectivity index (χ3n) is 2.91. The SMILES string of the molecule is Cc1ccc([C@@H](C)O)c(OCCCC(=O)N(C)C)c1. The molecule has 0 saturated heterocycles. The van der Waals surface area contributed by atoms with E-state index < -0.39 is 6.10 Å². The molecule has 0 spiro atoms. The lowest BCUT2D eigenvalue weighted by Gasteiger charge is -2.15. The van der Waals surface area contributed by atoms with Gasteiger partial charge in [-0.2, -0.15) is 0 Å². The van der Waals surface area contributed by atoms with Crippen LogP contribution in [0, 0.1) is 6.92 Å². The molecule has 1 aromatic rings. The third-order valence-corrected chi connectivity index (χ3v) is 2.91. The van der Waals surface area contributed by atoms with Crippen LogP contribution in [0.4, 0.5) is 0 Å². The number of hydrogen-bond donors (Lipinski definition) is 1. The molecule has 0 aromatic heterocycles. The minimum absolute atomic E-state index is 0.101. The maximum absolute atomic E-state index is 11.4. The van der Waals surface area contributed by atoms with Crippen molar-refractivity contribution in [1.29, 1.82) is 0 Å². The van der Waals surface area contributed by atoms with Gasteiger partial charge in [0.25, 0.3) is 0 Å². The second-order valence-corrected chi connectivity index (χ2v) is 4.96. The number of aryl methyl sites for hydroxylation is 1. The molecule has 0 aliphatic carbocycles. The fourth-order valence-electron chi connectivity index (χ4n) is 1.74. The van der Waals surface area contributed by atoms with Gasteiger partial charge in [-0.05, 0) is 31.9 Å². The number of rotatable bonds is 6. The number of ether oxygens (including phenoxy) is 1. The van der Waals surface area contributed by atoms with Gasteiger partial charge in [-0.25, -0.2) is 0 Å². The summed E-state index contributed by atoms with van der Waals surface area (Å²) in [5.74, 6) is 0.802.